The number of hydrogen-bond donors (Lipinski definition) is 1. The minimum Gasteiger partial charge on any atom is -0.334 e. The number of amides is 1. The van der Waals surface area contributed by atoms with Gasteiger partial charge in [0.25, 0.3) is 5.91 Å². The maximum atomic E-state index is 12.0. The SMILES string of the molecule is Cn1cnc2ccc(C(=O)Nc3nccs3)cc21. The third-order valence-electron chi connectivity index (χ3n) is 2.64. The molecule has 3 rings (SSSR count). The number of rotatable bonds is 2. The van der Waals surface area contributed by atoms with E-state index in [1.807, 2.05) is 29.1 Å². The van der Waals surface area contributed by atoms with Gasteiger partial charge in [0.2, 0.25) is 0 Å². The molecule has 0 aliphatic rings. The number of nitrogens with one attached hydrogen (secondary N) is 1. The number of aryl methyl sites for hydroxylation is 1. The van der Waals surface area contributed by atoms with Crippen LogP contribution in [0.4, 0.5) is 5.13 Å². The maximum absolute atomic E-state index is 12.0. The Labute approximate surface area is 107 Å². The van der Waals surface area contributed by atoms with Gasteiger partial charge in [-0.1, -0.05) is 0 Å². The largest absolute Gasteiger partial charge is 0.334 e. The highest BCUT2D eigenvalue weighted by molar-refractivity contribution is 7.13. The van der Waals surface area contributed by atoms with Crippen LogP contribution < -0.4 is 5.32 Å². The molecule has 0 radical (unpaired) electrons. The minimum atomic E-state index is -0.159. The Hall–Kier alpha value is -2.21. The summed E-state index contributed by atoms with van der Waals surface area (Å²) in [5.41, 5.74) is 2.41. The fourth-order valence-electron chi connectivity index (χ4n) is 1.72. The average Bonchev–Trinajstić information content (AvgIpc) is 3.00. The van der Waals surface area contributed by atoms with Crippen LogP contribution in [-0.2, 0) is 7.05 Å². The molecule has 2 heterocycles. The van der Waals surface area contributed by atoms with Crippen molar-refractivity contribution in [2.45, 2.75) is 0 Å². The lowest BCUT2D eigenvalue weighted by molar-refractivity contribution is 0.102. The van der Waals surface area contributed by atoms with E-state index in [2.05, 4.69) is 15.3 Å². The quantitative estimate of drug-likeness (QED) is 0.767. The van der Waals surface area contributed by atoms with Gasteiger partial charge in [0.1, 0.15) is 0 Å². The van der Waals surface area contributed by atoms with Gasteiger partial charge in [-0.05, 0) is 18.2 Å². The van der Waals surface area contributed by atoms with Crippen molar-refractivity contribution in [3.05, 3.63) is 41.7 Å². The molecule has 0 bridgehead atoms. The van der Waals surface area contributed by atoms with Gasteiger partial charge in [0, 0.05) is 24.2 Å². The molecule has 3 aromatic rings. The molecule has 0 saturated carbocycles. The Morgan fingerprint density at radius 2 is 2.28 bits per heavy atom. The van der Waals surface area contributed by atoms with Crippen molar-refractivity contribution in [2.24, 2.45) is 7.05 Å². The zero-order valence-corrected chi connectivity index (χ0v) is 10.4. The molecule has 2 aromatic heterocycles. The summed E-state index contributed by atoms with van der Waals surface area (Å²) in [6.07, 6.45) is 3.39. The molecule has 1 aromatic carbocycles. The fraction of sp³-hybridized carbons (Fsp3) is 0.0833. The lowest BCUT2D eigenvalue weighted by Gasteiger charge is -2.02. The van der Waals surface area contributed by atoms with Crippen molar-refractivity contribution < 1.29 is 4.79 Å². The van der Waals surface area contributed by atoms with E-state index in [0.29, 0.717) is 10.7 Å². The molecule has 0 fully saturated rings. The molecule has 0 aliphatic heterocycles. The number of nitrogens with zero attached hydrogens (tertiary/aromatic N) is 3. The Morgan fingerprint density at radius 3 is 3.06 bits per heavy atom. The molecule has 1 amide bonds. The molecule has 6 heteroatoms. The molecule has 0 atom stereocenters. The highest BCUT2D eigenvalue weighted by Gasteiger charge is 2.09. The lowest BCUT2D eigenvalue weighted by atomic mass is 10.2. The first-order valence-electron chi connectivity index (χ1n) is 5.36. The molecule has 18 heavy (non-hydrogen) atoms. The first kappa shape index (κ1) is 10.9. The van der Waals surface area contributed by atoms with Gasteiger partial charge in [-0.2, -0.15) is 0 Å². The number of anilines is 1. The number of carbonyl (C=O) groups excluding carboxylic acids is 1. The molecular formula is C12H10N4OS. The average molecular weight is 258 g/mol. The highest BCUT2D eigenvalue weighted by atomic mass is 32.1. The molecule has 0 aliphatic carbocycles. The molecular weight excluding hydrogens is 248 g/mol. The van der Waals surface area contributed by atoms with E-state index < -0.39 is 0 Å². The number of imidazole rings is 1. The van der Waals surface area contributed by atoms with Crippen molar-refractivity contribution in [3.8, 4) is 0 Å². The Morgan fingerprint density at radius 1 is 1.39 bits per heavy atom. The minimum absolute atomic E-state index is 0.159. The topological polar surface area (TPSA) is 59.8 Å². The van der Waals surface area contributed by atoms with E-state index in [4.69, 9.17) is 0 Å². The number of fused-ring (bicyclic) bond motifs is 1. The summed E-state index contributed by atoms with van der Waals surface area (Å²) in [6.45, 7) is 0. The van der Waals surface area contributed by atoms with Crippen LogP contribution >= 0.6 is 11.3 Å². The molecule has 0 unspecified atom stereocenters. The Bertz CT molecular complexity index is 702. The van der Waals surface area contributed by atoms with Gasteiger partial charge in [0.05, 0.1) is 17.4 Å². The van der Waals surface area contributed by atoms with E-state index in [1.54, 1.807) is 18.6 Å². The van der Waals surface area contributed by atoms with Gasteiger partial charge >= 0.3 is 0 Å². The zero-order chi connectivity index (χ0) is 12.5. The molecule has 5 nitrogen and oxygen atoms in total. The normalized spacial score (nSPS) is 10.7. The highest BCUT2D eigenvalue weighted by Crippen LogP contribution is 2.16. The summed E-state index contributed by atoms with van der Waals surface area (Å²) in [4.78, 5) is 20.3. The number of thiazole rings is 1. The predicted molar refractivity (Wildman–Crippen MR) is 70.8 cm³/mol. The lowest BCUT2D eigenvalue weighted by Crippen LogP contribution is -2.11. The van der Waals surface area contributed by atoms with Crippen LogP contribution in [0.2, 0.25) is 0 Å². The second-order valence-corrected chi connectivity index (χ2v) is 4.74. The second kappa shape index (κ2) is 4.23. The number of hydrogen-bond acceptors (Lipinski definition) is 4. The maximum Gasteiger partial charge on any atom is 0.257 e. The van der Waals surface area contributed by atoms with Crippen LogP contribution in [0.3, 0.4) is 0 Å². The monoisotopic (exact) mass is 258 g/mol. The first-order valence-corrected chi connectivity index (χ1v) is 6.24. The van der Waals surface area contributed by atoms with Crippen molar-refractivity contribution in [2.75, 3.05) is 5.32 Å². The van der Waals surface area contributed by atoms with Crippen molar-refractivity contribution in [1.29, 1.82) is 0 Å². The van der Waals surface area contributed by atoms with Crippen molar-refractivity contribution in [1.82, 2.24) is 14.5 Å². The molecule has 1 N–H and O–H groups in total. The van der Waals surface area contributed by atoms with Gasteiger partial charge in [-0.3, -0.25) is 10.1 Å². The summed E-state index contributed by atoms with van der Waals surface area (Å²) in [5.74, 6) is -0.159. The summed E-state index contributed by atoms with van der Waals surface area (Å²) >= 11 is 1.39. The van der Waals surface area contributed by atoms with E-state index in [0.717, 1.165) is 11.0 Å². The summed E-state index contributed by atoms with van der Waals surface area (Å²) in [5, 5.41) is 5.17. The molecule has 90 valence electrons. The van der Waals surface area contributed by atoms with Crippen LogP contribution in [0.1, 0.15) is 10.4 Å². The number of aromatic nitrogens is 3. The third kappa shape index (κ3) is 1.86. The molecule has 0 saturated heterocycles. The van der Waals surface area contributed by atoms with Crippen molar-refractivity contribution >= 4 is 33.4 Å². The molecule has 0 spiro atoms. The summed E-state index contributed by atoms with van der Waals surface area (Å²) in [7, 11) is 1.90. The summed E-state index contributed by atoms with van der Waals surface area (Å²) < 4.78 is 1.88. The first-order chi connectivity index (χ1) is 8.74. The van der Waals surface area contributed by atoms with Crippen LogP contribution in [0.15, 0.2) is 36.1 Å². The number of carbonyl (C=O) groups is 1. The predicted octanol–water partition coefficient (Wildman–Crippen LogP) is 2.28. The van der Waals surface area contributed by atoms with Crippen LogP contribution in [-0.4, -0.2) is 20.4 Å². The van der Waals surface area contributed by atoms with Crippen LogP contribution in [0, 0.1) is 0 Å². The Kier molecular flexibility index (Phi) is 2.56. The van der Waals surface area contributed by atoms with E-state index >= 15 is 0 Å². The third-order valence-corrected chi connectivity index (χ3v) is 3.33. The van der Waals surface area contributed by atoms with Crippen LogP contribution in [0.25, 0.3) is 11.0 Å². The standard InChI is InChI=1S/C12H10N4OS/c1-16-7-14-9-3-2-8(6-10(9)16)11(17)15-12-13-4-5-18-12/h2-7H,1H3,(H,13,15,17). The van der Waals surface area contributed by atoms with E-state index in [9.17, 15) is 4.79 Å². The smallest absolute Gasteiger partial charge is 0.257 e. The van der Waals surface area contributed by atoms with Gasteiger partial charge in [0.15, 0.2) is 5.13 Å². The van der Waals surface area contributed by atoms with Crippen LogP contribution in [0.5, 0.6) is 0 Å². The zero-order valence-electron chi connectivity index (χ0n) is 9.62. The van der Waals surface area contributed by atoms with Gasteiger partial charge in [-0.15, -0.1) is 11.3 Å². The fourth-order valence-corrected chi connectivity index (χ4v) is 2.25. The van der Waals surface area contributed by atoms with E-state index in [1.165, 1.54) is 11.3 Å². The summed E-state index contributed by atoms with van der Waals surface area (Å²) in [6, 6.07) is 5.43. The van der Waals surface area contributed by atoms with Crippen molar-refractivity contribution in [3.63, 3.8) is 0 Å². The number of benzene rings is 1. The second-order valence-electron chi connectivity index (χ2n) is 3.85. The van der Waals surface area contributed by atoms with E-state index in [-0.39, 0.29) is 5.91 Å². The Balaban J connectivity index is 1.93. The van der Waals surface area contributed by atoms with Gasteiger partial charge in [-0.25, -0.2) is 9.97 Å². The van der Waals surface area contributed by atoms with Gasteiger partial charge < -0.3 is 4.57 Å².